The fourth-order valence-electron chi connectivity index (χ4n) is 2.74. The van der Waals surface area contributed by atoms with Crippen LogP contribution in [0.2, 0.25) is 0 Å². The summed E-state index contributed by atoms with van der Waals surface area (Å²) in [5.41, 5.74) is 9.32. The number of aryl methyl sites for hydroxylation is 1. The zero-order valence-electron chi connectivity index (χ0n) is 13.8. The number of hydrogen-bond acceptors (Lipinski definition) is 3. The minimum absolute atomic E-state index is 0.302. The van der Waals surface area contributed by atoms with Crippen molar-refractivity contribution in [2.75, 3.05) is 20.1 Å². The van der Waals surface area contributed by atoms with Crippen LogP contribution in [-0.2, 0) is 6.54 Å². The first kappa shape index (κ1) is 16.0. The van der Waals surface area contributed by atoms with E-state index in [0.29, 0.717) is 12.6 Å². The van der Waals surface area contributed by atoms with Crippen LogP contribution in [0.3, 0.4) is 0 Å². The third kappa shape index (κ3) is 3.44. The molecule has 21 heavy (non-hydrogen) atoms. The van der Waals surface area contributed by atoms with E-state index >= 15 is 0 Å². The third-order valence-corrected chi connectivity index (χ3v) is 4.19. The van der Waals surface area contributed by atoms with Gasteiger partial charge in [0.1, 0.15) is 5.82 Å². The fraction of sp³-hybridized carbons (Fsp3) is 0.588. The second-order valence-electron chi connectivity index (χ2n) is 5.91. The molecule has 4 nitrogen and oxygen atoms in total. The van der Waals surface area contributed by atoms with E-state index < -0.39 is 0 Å². The number of fused-ring (bicyclic) bond motifs is 1. The lowest BCUT2D eigenvalue weighted by molar-refractivity contribution is 0.244. The van der Waals surface area contributed by atoms with Gasteiger partial charge in [0.15, 0.2) is 0 Å². The molecular weight excluding hydrogens is 260 g/mol. The van der Waals surface area contributed by atoms with E-state index in [4.69, 9.17) is 10.7 Å². The van der Waals surface area contributed by atoms with Crippen molar-refractivity contribution in [3.05, 3.63) is 29.6 Å². The lowest BCUT2D eigenvalue weighted by Crippen LogP contribution is -2.27. The third-order valence-electron chi connectivity index (χ3n) is 4.19. The summed E-state index contributed by atoms with van der Waals surface area (Å²) in [6, 6.07) is 6.77. The number of nitrogens with zero attached hydrogens (tertiary/aromatic N) is 3. The van der Waals surface area contributed by atoms with Gasteiger partial charge in [-0.25, -0.2) is 4.98 Å². The molecule has 2 aromatic rings. The first-order valence-corrected chi connectivity index (χ1v) is 7.95. The molecule has 1 atom stereocenters. The van der Waals surface area contributed by atoms with Gasteiger partial charge in [-0.3, -0.25) is 4.90 Å². The van der Waals surface area contributed by atoms with Gasteiger partial charge in [-0.1, -0.05) is 19.4 Å². The SMILES string of the molecule is CCCCN(C)C(C)c1nc2cc(C)ccc2n1CCN. The molecule has 2 rings (SSSR count). The molecule has 1 aromatic carbocycles. The molecule has 2 N–H and O–H groups in total. The lowest BCUT2D eigenvalue weighted by Gasteiger charge is -2.24. The fourth-order valence-corrected chi connectivity index (χ4v) is 2.74. The predicted octanol–water partition coefficient (Wildman–Crippen LogP) is 3.10. The second-order valence-corrected chi connectivity index (χ2v) is 5.91. The van der Waals surface area contributed by atoms with Crippen molar-refractivity contribution in [2.45, 2.75) is 46.2 Å². The molecule has 0 aliphatic rings. The average molecular weight is 288 g/mol. The summed E-state index contributed by atoms with van der Waals surface area (Å²) in [4.78, 5) is 7.27. The van der Waals surface area contributed by atoms with Crippen LogP contribution in [0.25, 0.3) is 11.0 Å². The highest BCUT2D eigenvalue weighted by atomic mass is 15.2. The van der Waals surface area contributed by atoms with E-state index in [1.165, 1.54) is 23.9 Å². The van der Waals surface area contributed by atoms with Crippen LogP contribution in [-0.4, -0.2) is 34.6 Å². The zero-order valence-corrected chi connectivity index (χ0v) is 13.8. The van der Waals surface area contributed by atoms with Gasteiger partial charge < -0.3 is 10.3 Å². The molecule has 0 saturated carbocycles. The maximum atomic E-state index is 5.80. The summed E-state index contributed by atoms with van der Waals surface area (Å²) in [5, 5.41) is 0. The maximum absolute atomic E-state index is 5.80. The lowest BCUT2D eigenvalue weighted by atomic mass is 10.2. The normalized spacial score (nSPS) is 13.2. The molecule has 0 bridgehead atoms. The van der Waals surface area contributed by atoms with E-state index in [1.54, 1.807) is 0 Å². The van der Waals surface area contributed by atoms with Crippen molar-refractivity contribution in [3.63, 3.8) is 0 Å². The molecule has 0 spiro atoms. The number of imidazole rings is 1. The molecule has 1 heterocycles. The number of nitrogens with two attached hydrogens (primary N) is 1. The highest BCUT2D eigenvalue weighted by Gasteiger charge is 2.19. The van der Waals surface area contributed by atoms with Crippen LogP contribution < -0.4 is 5.73 Å². The Morgan fingerprint density at radius 3 is 2.81 bits per heavy atom. The molecule has 1 aromatic heterocycles. The monoisotopic (exact) mass is 288 g/mol. The maximum Gasteiger partial charge on any atom is 0.127 e. The smallest absolute Gasteiger partial charge is 0.127 e. The number of benzene rings is 1. The molecule has 116 valence electrons. The molecule has 4 heteroatoms. The van der Waals surface area contributed by atoms with Gasteiger partial charge in [0, 0.05) is 13.1 Å². The van der Waals surface area contributed by atoms with Crippen LogP contribution in [0.5, 0.6) is 0 Å². The van der Waals surface area contributed by atoms with Crippen molar-refractivity contribution in [1.82, 2.24) is 14.5 Å². The molecule has 0 aliphatic heterocycles. The highest BCUT2D eigenvalue weighted by molar-refractivity contribution is 5.77. The molecule has 0 amide bonds. The van der Waals surface area contributed by atoms with Gasteiger partial charge in [0.25, 0.3) is 0 Å². The summed E-state index contributed by atoms with van der Waals surface area (Å²) in [6.07, 6.45) is 2.44. The van der Waals surface area contributed by atoms with E-state index in [1.807, 2.05) is 0 Å². The van der Waals surface area contributed by atoms with Gasteiger partial charge in [-0.15, -0.1) is 0 Å². The Kier molecular flexibility index (Phi) is 5.37. The summed E-state index contributed by atoms with van der Waals surface area (Å²) < 4.78 is 2.28. The topological polar surface area (TPSA) is 47.1 Å². The Bertz CT molecular complexity index is 588. The van der Waals surface area contributed by atoms with Gasteiger partial charge in [0.2, 0.25) is 0 Å². The van der Waals surface area contributed by atoms with Crippen LogP contribution in [0, 0.1) is 6.92 Å². The molecule has 0 aliphatic carbocycles. The molecule has 1 unspecified atom stereocenters. The van der Waals surface area contributed by atoms with Crippen LogP contribution >= 0.6 is 0 Å². The summed E-state index contributed by atoms with van der Waals surface area (Å²) in [5.74, 6) is 1.12. The van der Waals surface area contributed by atoms with Crippen molar-refractivity contribution in [3.8, 4) is 0 Å². The average Bonchev–Trinajstić information content (AvgIpc) is 2.82. The molecule has 0 radical (unpaired) electrons. The van der Waals surface area contributed by atoms with Crippen LogP contribution in [0.15, 0.2) is 18.2 Å². The molecular formula is C17H28N4. The number of rotatable bonds is 7. The van der Waals surface area contributed by atoms with E-state index in [9.17, 15) is 0 Å². The van der Waals surface area contributed by atoms with Crippen LogP contribution in [0.4, 0.5) is 0 Å². The zero-order chi connectivity index (χ0) is 15.4. The highest BCUT2D eigenvalue weighted by Crippen LogP contribution is 2.24. The minimum Gasteiger partial charge on any atom is -0.329 e. The van der Waals surface area contributed by atoms with Crippen molar-refractivity contribution in [1.29, 1.82) is 0 Å². The van der Waals surface area contributed by atoms with E-state index in [2.05, 4.69) is 55.5 Å². The quantitative estimate of drug-likeness (QED) is 0.851. The number of unbranched alkanes of at least 4 members (excludes halogenated alkanes) is 1. The molecule has 0 fully saturated rings. The Labute approximate surface area is 128 Å². The largest absolute Gasteiger partial charge is 0.329 e. The summed E-state index contributed by atoms with van der Waals surface area (Å²) >= 11 is 0. The Balaban J connectivity index is 2.39. The Hall–Kier alpha value is -1.39. The van der Waals surface area contributed by atoms with Gasteiger partial charge in [0.05, 0.1) is 17.1 Å². The standard InChI is InChI=1S/C17H28N4/c1-5-6-10-20(4)14(3)17-19-15-12-13(2)7-8-16(15)21(17)11-9-18/h7-8,12,14H,5-6,9-11,18H2,1-4H3. The van der Waals surface area contributed by atoms with E-state index in [-0.39, 0.29) is 0 Å². The second kappa shape index (κ2) is 7.05. The predicted molar refractivity (Wildman–Crippen MR) is 89.5 cm³/mol. The Morgan fingerprint density at radius 2 is 2.14 bits per heavy atom. The van der Waals surface area contributed by atoms with Crippen LogP contribution in [0.1, 0.15) is 44.1 Å². The summed E-state index contributed by atoms with van der Waals surface area (Å²) in [6.45, 7) is 9.13. The van der Waals surface area contributed by atoms with Gasteiger partial charge >= 0.3 is 0 Å². The first-order valence-electron chi connectivity index (χ1n) is 7.95. The van der Waals surface area contributed by atoms with Crippen molar-refractivity contribution < 1.29 is 0 Å². The van der Waals surface area contributed by atoms with Crippen molar-refractivity contribution in [2.24, 2.45) is 5.73 Å². The van der Waals surface area contributed by atoms with E-state index in [0.717, 1.165) is 24.4 Å². The minimum atomic E-state index is 0.302. The number of hydrogen-bond donors (Lipinski definition) is 1. The van der Waals surface area contributed by atoms with Crippen molar-refractivity contribution >= 4 is 11.0 Å². The summed E-state index contributed by atoms with van der Waals surface area (Å²) in [7, 11) is 2.18. The van der Waals surface area contributed by atoms with Gasteiger partial charge in [-0.2, -0.15) is 0 Å². The van der Waals surface area contributed by atoms with Gasteiger partial charge in [-0.05, 0) is 51.6 Å². The number of aromatic nitrogens is 2. The first-order chi connectivity index (χ1) is 10.1. The Morgan fingerprint density at radius 1 is 1.38 bits per heavy atom. The molecule has 0 saturated heterocycles.